The zero-order valence-corrected chi connectivity index (χ0v) is 9.09. The lowest BCUT2D eigenvalue weighted by molar-refractivity contribution is 0.0632. The van der Waals surface area contributed by atoms with Gasteiger partial charge in [0.05, 0.1) is 12.8 Å². The third-order valence-corrected chi connectivity index (χ3v) is 3.00. The number of aromatic amines is 1. The molecule has 1 aromatic heterocycles. The Labute approximate surface area is 93.6 Å². The van der Waals surface area contributed by atoms with Crippen LogP contribution in [0.25, 0.3) is 0 Å². The highest BCUT2D eigenvalue weighted by Crippen LogP contribution is 2.24. The van der Waals surface area contributed by atoms with Crippen LogP contribution in [0.3, 0.4) is 0 Å². The molecule has 1 fully saturated rings. The van der Waals surface area contributed by atoms with Crippen molar-refractivity contribution < 1.29 is 9.90 Å². The Kier molecular flexibility index (Phi) is 3.51. The van der Waals surface area contributed by atoms with E-state index in [-0.39, 0.29) is 18.6 Å². The first kappa shape index (κ1) is 11.1. The van der Waals surface area contributed by atoms with Gasteiger partial charge in [0.1, 0.15) is 0 Å². The van der Waals surface area contributed by atoms with Gasteiger partial charge in [-0.3, -0.25) is 4.79 Å². The molecule has 1 aliphatic carbocycles. The number of aliphatic hydroxyl groups is 1. The maximum Gasteiger partial charge on any atom is 0.276 e. The molecule has 1 heterocycles. The first-order chi connectivity index (χ1) is 7.83. The summed E-state index contributed by atoms with van der Waals surface area (Å²) in [7, 11) is 0. The molecule has 88 valence electrons. The Morgan fingerprint density at radius 1 is 1.56 bits per heavy atom. The molecule has 2 N–H and O–H groups in total. The highest BCUT2D eigenvalue weighted by Gasteiger charge is 2.27. The summed E-state index contributed by atoms with van der Waals surface area (Å²) in [5, 5.41) is 18.8. The van der Waals surface area contributed by atoms with Crippen LogP contribution in [0, 0.1) is 0 Å². The number of amides is 1. The fourth-order valence-electron chi connectivity index (χ4n) is 2.23. The second-order valence-corrected chi connectivity index (χ2v) is 4.02. The summed E-state index contributed by atoms with van der Waals surface area (Å²) in [5.41, 5.74) is 0.320. The molecule has 0 spiro atoms. The molecule has 0 aromatic carbocycles. The van der Waals surface area contributed by atoms with Crippen LogP contribution >= 0.6 is 0 Å². The van der Waals surface area contributed by atoms with Gasteiger partial charge in [0.2, 0.25) is 0 Å². The molecule has 1 saturated carbocycles. The lowest BCUT2D eigenvalue weighted by Gasteiger charge is -2.27. The molecule has 0 aliphatic heterocycles. The second kappa shape index (κ2) is 5.07. The molecule has 6 heteroatoms. The van der Waals surface area contributed by atoms with Gasteiger partial charge in [0.25, 0.3) is 5.91 Å². The van der Waals surface area contributed by atoms with Gasteiger partial charge >= 0.3 is 0 Å². The SMILES string of the molecule is O=C(c1cn[nH]n1)N(CCO)C1CCCC1. The van der Waals surface area contributed by atoms with E-state index in [1.165, 1.54) is 6.20 Å². The number of H-pyrrole nitrogens is 1. The van der Waals surface area contributed by atoms with Crippen LogP contribution in [0.2, 0.25) is 0 Å². The average Bonchev–Trinajstić information content (AvgIpc) is 2.96. The molecular weight excluding hydrogens is 208 g/mol. The van der Waals surface area contributed by atoms with E-state index in [9.17, 15) is 4.79 Å². The molecule has 0 radical (unpaired) electrons. The Balaban J connectivity index is 2.09. The Morgan fingerprint density at radius 3 is 2.88 bits per heavy atom. The van der Waals surface area contributed by atoms with Crippen LogP contribution in [0.15, 0.2) is 6.20 Å². The lowest BCUT2D eigenvalue weighted by atomic mass is 10.2. The number of nitrogens with one attached hydrogen (secondary N) is 1. The molecule has 0 unspecified atom stereocenters. The van der Waals surface area contributed by atoms with E-state index in [1.54, 1.807) is 4.90 Å². The fourth-order valence-corrected chi connectivity index (χ4v) is 2.23. The van der Waals surface area contributed by atoms with Gasteiger partial charge in [0.15, 0.2) is 5.69 Å². The molecule has 16 heavy (non-hydrogen) atoms. The molecule has 6 nitrogen and oxygen atoms in total. The number of hydrogen-bond donors (Lipinski definition) is 2. The van der Waals surface area contributed by atoms with Crippen molar-refractivity contribution in [3.05, 3.63) is 11.9 Å². The summed E-state index contributed by atoms with van der Waals surface area (Å²) in [6, 6.07) is 0.247. The highest BCUT2D eigenvalue weighted by atomic mass is 16.3. The molecule has 1 amide bonds. The number of hydrogen-bond acceptors (Lipinski definition) is 4. The molecule has 1 aliphatic rings. The molecule has 0 atom stereocenters. The minimum absolute atomic E-state index is 0.0138. The quantitative estimate of drug-likeness (QED) is 0.764. The largest absolute Gasteiger partial charge is 0.395 e. The zero-order chi connectivity index (χ0) is 11.4. The Hall–Kier alpha value is -1.43. The highest BCUT2D eigenvalue weighted by molar-refractivity contribution is 5.92. The van der Waals surface area contributed by atoms with E-state index in [0.29, 0.717) is 12.2 Å². The minimum Gasteiger partial charge on any atom is -0.395 e. The predicted molar refractivity (Wildman–Crippen MR) is 56.8 cm³/mol. The summed E-state index contributed by atoms with van der Waals surface area (Å²) in [4.78, 5) is 13.8. The van der Waals surface area contributed by atoms with E-state index in [4.69, 9.17) is 5.11 Å². The van der Waals surface area contributed by atoms with Crippen LogP contribution in [-0.2, 0) is 0 Å². The number of carbonyl (C=O) groups excluding carboxylic acids is 1. The van der Waals surface area contributed by atoms with Crippen LogP contribution in [0.4, 0.5) is 0 Å². The van der Waals surface area contributed by atoms with E-state index in [2.05, 4.69) is 15.4 Å². The number of aromatic nitrogens is 3. The Bertz CT molecular complexity index is 333. The van der Waals surface area contributed by atoms with Gasteiger partial charge in [-0.15, -0.1) is 0 Å². The zero-order valence-electron chi connectivity index (χ0n) is 9.09. The van der Waals surface area contributed by atoms with E-state index in [0.717, 1.165) is 25.7 Å². The summed E-state index contributed by atoms with van der Waals surface area (Å²) >= 11 is 0. The van der Waals surface area contributed by atoms with Crippen molar-refractivity contribution >= 4 is 5.91 Å². The van der Waals surface area contributed by atoms with Crippen molar-refractivity contribution in [2.75, 3.05) is 13.2 Å². The van der Waals surface area contributed by atoms with Gasteiger partial charge in [-0.1, -0.05) is 12.8 Å². The van der Waals surface area contributed by atoms with Gasteiger partial charge < -0.3 is 10.0 Å². The summed E-state index contributed by atoms with van der Waals surface area (Å²) in [5.74, 6) is -0.144. The van der Waals surface area contributed by atoms with Gasteiger partial charge in [-0.2, -0.15) is 15.4 Å². The van der Waals surface area contributed by atoms with Crippen molar-refractivity contribution in [2.45, 2.75) is 31.7 Å². The Morgan fingerprint density at radius 2 is 2.31 bits per heavy atom. The van der Waals surface area contributed by atoms with Gasteiger partial charge in [-0.25, -0.2) is 0 Å². The number of aliphatic hydroxyl groups excluding tert-OH is 1. The molecule has 0 saturated heterocycles. The summed E-state index contributed by atoms with van der Waals surface area (Å²) < 4.78 is 0. The standard InChI is InChI=1S/C10H16N4O2/c15-6-5-14(8-3-1-2-4-8)10(16)9-7-11-13-12-9/h7-8,15H,1-6H2,(H,11,12,13). The minimum atomic E-state index is -0.144. The van der Waals surface area contributed by atoms with Crippen LogP contribution in [-0.4, -0.2) is 50.5 Å². The van der Waals surface area contributed by atoms with E-state index >= 15 is 0 Å². The molecular formula is C10H16N4O2. The van der Waals surface area contributed by atoms with Gasteiger partial charge in [-0.05, 0) is 12.8 Å². The second-order valence-electron chi connectivity index (χ2n) is 4.02. The predicted octanol–water partition coefficient (Wildman–Crippen LogP) is 0.182. The monoisotopic (exact) mass is 224 g/mol. The van der Waals surface area contributed by atoms with Crippen LogP contribution in [0.1, 0.15) is 36.2 Å². The third-order valence-electron chi connectivity index (χ3n) is 3.00. The number of carbonyl (C=O) groups is 1. The first-order valence-corrected chi connectivity index (χ1v) is 5.60. The lowest BCUT2D eigenvalue weighted by Crippen LogP contribution is -2.40. The molecule has 1 aromatic rings. The van der Waals surface area contributed by atoms with Crippen molar-refractivity contribution in [1.29, 1.82) is 0 Å². The normalized spacial score (nSPS) is 16.6. The van der Waals surface area contributed by atoms with Crippen molar-refractivity contribution in [3.8, 4) is 0 Å². The maximum absolute atomic E-state index is 12.1. The molecule has 0 bridgehead atoms. The van der Waals surface area contributed by atoms with Crippen LogP contribution in [0.5, 0.6) is 0 Å². The van der Waals surface area contributed by atoms with Crippen molar-refractivity contribution in [1.82, 2.24) is 20.3 Å². The van der Waals surface area contributed by atoms with Crippen molar-refractivity contribution in [3.63, 3.8) is 0 Å². The smallest absolute Gasteiger partial charge is 0.276 e. The van der Waals surface area contributed by atoms with Crippen LogP contribution < -0.4 is 0 Å². The molecule has 2 rings (SSSR count). The first-order valence-electron chi connectivity index (χ1n) is 5.60. The summed E-state index contributed by atoms with van der Waals surface area (Å²) in [6.45, 7) is 0.358. The van der Waals surface area contributed by atoms with E-state index in [1.807, 2.05) is 0 Å². The van der Waals surface area contributed by atoms with Gasteiger partial charge in [0, 0.05) is 12.6 Å². The average molecular weight is 224 g/mol. The number of nitrogens with zero attached hydrogens (tertiary/aromatic N) is 3. The third kappa shape index (κ3) is 2.21. The summed E-state index contributed by atoms with van der Waals surface area (Å²) in [6.07, 6.45) is 5.76. The maximum atomic E-state index is 12.1. The topological polar surface area (TPSA) is 82.1 Å². The number of rotatable bonds is 4. The fraction of sp³-hybridized carbons (Fsp3) is 0.700. The van der Waals surface area contributed by atoms with E-state index < -0.39 is 0 Å². The van der Waals surface area contributed by atoms with Crippen molar-refractivity contribution in [2.24, 2.45) is 0 Å².